The first kappa shape index (κ1) is 11.5. The van der Waals surface area contributed by atoms with E-state index in [0.29, 0.717) is 0 Å². The average molecular weight is 149 g/mol. The van der Waals surface area contributed by atoms with Crippen LogP contribution in [0.25, 0.3) is 0 Å². The number of rotatable bonds is 0. The summed E-state index contributed by atoms with van der Waals surface area (Å²) in [5.74, 6) is -0.333. The van der Waals surface area contributed by atoms with Crippen molar-refractivity contribution < 1.29 is 19.1 Å². The second-order valence-electron chi connectivity index (χ2n) is 1.27. The Morgan fingerprint density at radius 3 is 1.40 bits per heavy atom. The maximum atomic E-state index is 9.74. The molecule has 5 heteroatoms. The Bertz CT molecular complexity index is 102. The van der Waals surface area contributed by atoms with Crippen molar-refractivity contribution in [3.05, 3.63) is 0 Å². The van der Waals surface area contributed by atoms with Crippen LogP contribution in [0.5, 0.6) is 0 Å². The summed E-state index contributed by atoms with van der Waals surface area (Å²) in [7, 11) is 2.51. The molecular formula is C5H11NO4. The summed E-state index contributed by atoms with van der Waals surface area (Å²) in [5.41, 5.74) is 4.47. The van der Waals surface area contributed by atoms with Crippen LogP contribution in [0.3, 0.4) is 0 Å². The summed E-state index contributed by atoms with van der Waals surface area (Å²) in [6.45, 7) is 1.31. The van der Waals surface area contributed by atoms with Gasteiger partial charge in [-0.3, -0.25) is 4.79 Å². The van der Waals surface area contributed by atoms with Gasteiger partial charge >= 0.3 is 6.16 Å². The highest BCUT2D eigenvalue weighted by molar-refractivity contribution is 5.70. The van der Waals surface area contributed by atoms with E-state index in [2.05, 4.69) is 15.2 Å². The molecule has 0 saturated heterocycles. The molecule has 0 saturated carbocycles. The van der Waals surface area contributed by atoms with Crippen LogP contribution >= 0.6 is 0 Å². The molecule has 0 aromatic heterocycles. The van der Waals surface area contributed by atoms with Gasteiger partial charge in [-0.1, -0.05) is 0 Å². The molecule has 0 heterocycles. The van der Waals surface area contributed by atoms with Gasteiger partial charge in [0.1, 0.15) is 0 Å². The lowest BCUT2D eigenvalue weighted by Crippen LogP contribution is -2.01. The van der Waals surface area contributed by atoms with E-state index in [-0.39, 0.29) is 5.91 Å². The van der Waals surface area contributed by atoms with E-state index in [4.69, 9.17) is 0 Å². The third-order valence-corrected chi connectivity index (χ3v) is 0.333. The Hall–Kier alpha value is -1.26. The fraction of sp³-hybridized carbons (Fsp3) is 0.600. The van der Waals surface area contributed by atoms with E-state index >= 15 is 0 Å². The lowest BCUT2D eigenvalue weighted by molar-refractivity contribution is -0.115. The van der Waals surface area contributed by atoms with Crippen LogP contribution in [0, 0.1) is 0 Å². The third-order valence-electron chi connectivity index (χ3n) is 0.333. The van der Waals surface area contributed by atoms with Crippen LogP contribution in [0.4, 0.5) is 4.79 Å². The molecule has 0 aromatic rings. The zero-order valence-corrected chi connectivity index (χ0v) is 6.21. The number of ether oxygens (including phenoxy) is 2. The SMILES string of the molecule is CC(N)=O.COC(=O)OC. The third kappa shape index (κ3) is 29.6. The summed E-state index contributed by atoms with van der Waals surface area (Å²) in [4.78, 5) is 19.0. The van der Waals surface area contributed by atoms with Gasteiger partial charge in [-0.2, -0.15) is 0 Å². The first-order chi connectivity index (χ1) is 4.54. The number of amides is 1. The number of nitrogens with two attached hydrogens (primary N) is 1. The van der Waals surface area contributed by atoms with Crippen molar-refractivity contribution >= 4 is 12.1 Å². The fourth-order valence-electron chi connectivity index (χ4n) is 0.0833. The van der Waals surface area contributed by atoms with Crippen LogP contribution in [0.2, 0.25) is 0 Å². The normalized spacial score (nSPS) is 6.70. The first-order valence-corrected chi connectivity index (χ1v) is 2.42. The minimum Gasteiger partial charge on any atom is -0.438 e. The van der Waals surface area contributed by atoms with Crippen LogP contribution in [0.1, 0.15) is 6.92 Å². The Kier molecular flexibility index (Phi) is 8.92. The van der Waals surface area contributed by atoms with Gasteiger partial charge in [-0.15, -0.1) is 0 Å². The standard InChI is InChI=1S/C3H6O3.C2H5NO/c1-5-3(4)6-2;1-2(3)4/h1-2H3;1H3,(H2,3,4). The number of carbonyl (C=O) groups excluding carboxylic acids is 2. The van der Waals surface area contributed by atoms with E-state index in [1.54, 1.807) is 0 Å². The van der Waals surface area contributed by atoms with Crippen molar-refractivity contribution in [1.29, 1.82) is 0 Å². The minimum atomic E-state index is -0.657. The van der Waals surface area contributed by atoms with Crippen LogP contribution < -0.4 is 5.73 Å². The predicted octanol–water partition coefficient (Wildman–Crippen LogP) is -0.109. The molecule has 0 unspecified atom stereocenters. The van der Waals surface area contributed by atoms with Crippen molar-refractivity contribution in [3.63, 3.8) is 0 Å². The Morgan fingerprint density at radius 1 is 1.20 bits per heavy atom. The molecule has 2 N–H and O–H groups in total. The molecule has 1 amide bonds. The molecule has 10 heavy (non-hydrogen) atoms. The summed E-state index contributed by atoms with van der Waals surface area (Å²) in [5, 5.41) is 0. The summed E-state index contributed by atoms with van der Waals surface area (Å²) < 4.78 is 8.08. The number of methoxy groups -OCH3 is 2. The highest BCUT2D eigenvalue weighted by Gasteiger charge is 1.88. The molecule has 5 nitrogen and oxygen atoms in total. The minimum absolute atomic E-state index is 0.333. The van der Waals surface area contributed by atoms with Gasteiger partial charge in [0.15, 0.2) is 0 Å². The molecule has 0 bridgehead atoms. The lowest BCUT2D eigenvalue weighted by atomic mass is 10.8. The van der Waals surface area contributed by atoms with Crippen LogP contribution in [-0.4, -0.2) is 26.3 Å². The highest BCUT2D eigenvalue weighted by Crippen LogP contribution is 1.72. The maximum Gasteiger partial charge on any atom is 0.507 e. The van der Waals surface area contributed by atoms with Gasteiger partial charge in [-0.25, -0.2) is 4.79 Å². The average Bonchev–Trinajstić information content (AvgIpc) is 1.85. The summed E-state index contributed by atoms with van der Waals surface area (Å²) >= 11 is 0. The Balaban J connectivity index is 0. The zero-order chi connectivity index (χ0) is 8.57. The predicted molar refractivity (Wildman–Crippen MR) is 34.3 cm³/mol. The second-order valence-corrected chi connectivity index (χ2v) is 1.27. The smallest absolute Gasteiger partial charge is 0.438 e. The van der Waals surface area contributed by atoms with E-state index in [1.165, 1.54) is 21.1 Å². The number of primary amides is 1. The van der Waals surface area contributed by atoms with Crippen molar-refractivity contribution in [2.24, 2.45) is 5.73 Å². The molecule has 0 aliphatic heterocycles. The van der Waals surface area contributed by atoms with Gasteiger partial charge in [0.05, 0.1) is 14.2 Å². The number of carbonyl (C=O) groups is 2. The molecule has 0 fully saturated rings. The van der Waals surface area contributed by atoms with Crippen molar-refractivity contribution in [3.8, 4) is 0 Å². The van der Waals surface area contributed by atoms with Crippen molar-refractivity contribution in [2.45, 2.75) is 6.92 Å². The van der Waals surface area contributed by atoms with Crippen molar-refractivity contribution in [2.75, 3.05) is 14.2 Å². The molecule has 0 aliphatic carbocycles. The molecule has 0 radical (unpaired) electrons. The van der Waals surface area contributed by atoms with Gasteiger partial charge in [-0.05, 0) is 0 Å². The molecule has 0 rings (SSSR count). The summed E-state index contributed by atoms with van der Waals surface area (Å²) in [6, 6.07) is 0. The molecular weight excluding hydrogens is 138 g/mol. The Morgan fingerprint density at radius 2 is 1.40 bits per heavy atom. The van der Waals surface area contributed by atoms with E-state index in [9.17, 15) is 9.59 Å². The Labute approximate surface area is 59.1 Å². The number of hydrogen-bond donors (Lipinski definition) is 1. The van der Waals surface area contributed by atoms with Gasteiger partial charge < -0.3 is 15.2 Å². The van der Waals surface area contributed by atoms with Crippen LogP contribution in [0.15, 0.2) is 0 Å². The number of hydrogen-bond acceptors (Lipinski definition) is 4. The maximum absolute atomic E-state index is 9.74. The molecule has 0 aliphatic rings. The van der Waals surface area contributed by atoms with E-state index in [1.807, 2.05) is 0 Å². The van der Waals surface area contributed by atoms with Crippen LogP contribution in [-0.2, 0) is 14.3 Å². The largest absolute Gasteiger partial charge is 0.507 e. The van der Waals surface area contributed by atoms with Gasteiger partial charge in [0, 0.05) is 6.92 Å². The first-order valence-electron chi connectivity index (χ1n) is 2.42. The van der Waals surface area contributed by atoms with E-state index in [0.717, 1.165) is 0 Å². The monoisotopic (exact) mass is 149 g/mol. The molecule has 0 spiro atoms. The second kappa shape index (κ2) is 7.74. The molecule has 0 atom stereocenters. The topological polar surface area (TPSA) is 78.6 Å². The fourth-order valence-corrected chi connectivity index (χ4v) is 0.0833. The summed E-state index contributed by atoms with van der Waals surface area (Å²) in [6.07, 6.45) is -0.657. The molecule has 60 valence electrons. The van der Waals surface area contributed by atoms with Gasteiger partial charge in [0.2, 0.25) is 5.91 Å². The zero-order valence-electron chi connectivity index (χ0n) is 6.21. The van der Waals surface area contributed by atoms with Crippen molar-refractivity contribution in [1.82, 2.24) is 0 Å². The lowest BCUT2D eigenvalue weighted by Gasteiger charge is -1.89. The van der Waals surface area contributed by atoms with Gasteiger partial charge in [0.25, 0.3) is 0 Å². The quantitative estimate of drug-likeness (QED) is 0.487. The highest BCUT2D eigenvalue weighted by atomic mass is 16.7. The van der Waals surface area contributed by atoms with E-state index < -0.39 is 6.16 Å². The molecule has 0 aromatic carbocycles.